The van der Waals surface area contributed by atoms with E-state index in [4.69, 9.17) is 0 Å². The normalized spacial score (nSPS) is 18.1. The zero-order valence-corrected chi connectivity index (χ0v) is 11.4. The molecule has 16 heavy (non-hydrogen) atoms. The van der Waals surface area contributed by atoms with Crippen LogP contribution in [0.3, 0.4) is 0 Å². The van der Waals surface area contributed by atoms with Crippen LogP contribution < -0.4 is 0 Å². The van der Waals surface area contributed by atoms with E-state index >= 15 is 0 Å². The van der Waals surface area contributed by atoms with Crippen LogP contribution in [0.15, 0.2) is 34.4 Å². The van der Waals surface area contributed by atoms with Crippen LogP contribution in [0.1, 0.15) is 66.2 Å². The molecule has 1 aliphatic carbocycles. The first kappa shape index (κ1) is 13.3. The molecule has 0 bridgehead atoms. The van der Waals surface area contributed by atoms with E-state index in [1.165, 1.54) is 31.3 Å². The second kappa shape index (κ2) is 6.08. The highest BCUT2D eigenvalue weighted by Gasteiger charge is 2.17. The van der Waals surface area contributed by atoms with Crippen molar-refractivity contribution in [1.82, 2.24) is 0 Å². The van der Waals surface area contributed by atoms with E-state index in [0.717, 1.165) is 12.8 Å². The van der Waals surface area contributed by atoms with Crippen molar-refractivity contribution in [2.45, 2.75) is 66.2 Å². The van der Waals surface area contributed by atoms with Crippen LogP contribution in [-0.2, 0) is 0 Å². The van der Waals surface area contributed by atoms with Crippen molar-refractivity contribution < 1.29 is 0 Å². The second-order valence-corrected chi connectivity index (χ2v) is 4.68. The lowest BCUT2D eigenvalue weighted by Crippen LogP contribution is -1.95. The molecule has 0 saturated heterocycles. The third-order valence-electron chi connectivity index (χ3n) is 3.71. The smallest absolute Gasteiger partial charge is 0.0102 e. The van der Waals surface area contributed by atoms with Gasteiger partial charge in [-0.2, -0.15) is 0 Å². The van der Waals surface area contributed by atoms with Crippen LogP contribution >= 0.6 is 0 Å². The van der Waals surface area contributed by atoms with Gasteiger partial charge < -0.3 is 0 Å². The molecule has 0 unspecified atom stereocenters. The van der Waals surface area contributed by atoms with Crippen molar-refractivity contribution >= 4 is 0 Å². The highest BCUT2D eigenvalue weighted by molar-refractivity contribution is 5.44. The molecule has 0 aliphatic heterocycles. The maximum absolute atomic E-state index is 4.24. The SMILES string of the molecule is C=C1CC(CC)=C(CC)C(CC)=C(CC)C1. The van der Waals surface area contributed by atoms with Gasteiger partial charge in [-0.15, -0.1) is 0 Å². The molecular formula is C16H26. The van der Waals surface area contributed by atoms with Crippen molar-refractivity contribution in [2.24, 2.45) is 0 Å². The van der Waals surface area contributed by atoms with Crippen LogP contribution in [-0.4, -0.2) is 0 Å². The molecule has 90 valence electrons. The summed E-state index contributed by atoms with van der Waals surface area (Å²) in [7, 11) is 0. The van der Waals surface area contributed by atoms with E-state index in [2.05, 4.69) is 34.3 Å². The number of hydrogen-bond acceptors (Lipinski definition) is 0. The molecule has 0 heteroatoms. The Kier molecular flexibility index (Phi) is 5.05. The van der Waals surface area contributed by atoms with Crippen LogP contribution in [0.5, 0.6) is 0 Å². The van der Waals surface area contributed by atoms with E-state index in [9.17, 15) is 0 Å². The molecule has 0 aromatic carbocycles. The van der Waals surface area contributed by atoms with Gasteiger partial charge in [0.2, 0.25) is 0 Å². The lowest BCUT2D eigenvalue weighted by atomic mass is 9.91. The summed E-state index contributed by atoms with van der Waals surface area (Å²) in [6.07, 6.45) is 7.00. The first-order valence-electron chi connectivity index (χ1n) is 6.76. The van der Waals surface area contributed by atoms with Crippen molar-refractivity contribution in [1.29, 1.82) is 0 Å². The van der Waals surface area contributed by atoms with Crippen LogP contribution in [0.25, 0.3) is 0 Å². The average molecular weight is 218 g/mol. The van der Waals surface area contributed by atoms with E-state index < -0.39 is 0 Å². The molecule has 0 atom stereocenters. The average Bonchev–Trinajstić information content (AvgIpc) is 2.43. The molecular weight excluding hydrogens is 192 g/mol. The Hall–Kier alpha value is -0.780. The monoisotopic (exact) mass is 218 g/mol. The summed E-state index contributed by atoms with van der Waals surface area (Å²) in [5.74, 6) is 0. The first-order chi connectivity index (χ1) is 7.67. The third kappa shape index (κ3) is 2.66. The first-order valence-corrected chi connectivity index (χ1v) is 6.76. The molecule has 0 amide bonds. The topological polar surface area (TPSA) is 0 Å². The molecule has 0 aromatic rings. The molecule has 0 radical (unpaired) electrons. The number of hydrogen-bond donors (Lipinski definition) is 0. The van der Waals surface area contributed by atoms with Gasteiger partial charge in [0.15, 0.2) is 0 Å². The summed E-state index contributed by atoms with van der Waals surface area (Å²) >= 11 is 0. The fourth-order valence-corrected chi connectivity index (χ4v) is 2.91. The highest BCUT2D eigenvalue weighted by atomic mass is 14.2. The Bertz CT molecular complexity index is 294. The molecule has 0 spiro atoms. The van der Waals surface area contributed by atoms with Gasteiger partial charge in [0.05, 0.1) is 0 Å². The molecule has 0 nitrogen and oxygen atoms in total. The van der Waals surface area contributed by atoms with E-state index in [1.807, 2.05) is 0 Å². The van der Waals surface area contributed by atoms with Gasteiger partial charge in [0, 0.05) is 0 Å². The van der Waals surface area contributed by atoms with Crippen molar-refractivity contribution in [3.63, 3.8) is 0 Å². The van der Waals surface area contributed by atoms with Gasteiger partial charge in [0.1, 0.15) is 0 Å². The molecule has 1 aliphatic rings. The van der Waals surface area contributed by atoms with Crippen molar-refractivity contribution in [3.8, 4) is 0 Å². The van der Waals surface area contributed by atoms with Gasteiger partial charge in [-0.25, -0.2) is 0 Å². The zero-order chi connectivity index (χ0) is 12.1. The van der Waals surface area contributed by atoms with Crippen LogP contribution in [0, 0.1) is 0 Å². The van der Waals surface area contributed by atoms with Gasteiger partial charge in [-0.3, -0.25) is 0 Å². The summed E-state index contributed by atoms with van der Waals surface area (Å²) < 4.78 is 0. The summed E-state index contributed by atoms with van der Waals surface area (Å²) in [4.78, 5) is 0. The molecule has 0 saturated carbocycles. The highest BCUT2D eigenvalue weighted by Crippen LogP contribution is 2.36. The Morgan fingerprint density at radius 2 is 1.12 bits per heavy atom. The standard InChI is InChI=1S/C16H26/c1-6-13-10-12(5)11-14(7-2)16(9-4)15(13)8-3/h5-11H2,1-4H3. The molecule has 0 fully saturated rings. The Morgan fingerprint density at radius 1 is 0.750 bits per heavy atom. The summed E-state index contributed by atoms with van der Waals surface area (Å²) in [6.45, 7) is 13.4. The maximum Gasteiger partial charge on any atom is -0.0102 e. The quantitative estimate of drug-likeness (QED) is 0.541. The third-order valence-corrected chi connectivity index (χ3v) is 3.71. The second-order valence-electron chi connectivity index (χ2n) is 4.68. The molecule has 0 aromatic heterocycles. The lowest BCUT2D eigenvalue weighted by Gasteiger charge is -2.15. The van der Waals surface area contributed by atoms with E-state index in [-0.39, 0.29) is 0 Å². The minimum Gasteiger partial charge on any atom is -0.0992 e. The summed E-state index contributed by atoms with van der Waals surface area (Å²) in [5.41, 5.74) is 7.95. The molecule has 0 heterocycles. The Balaban J connectivity index is 3.29. The van der Waals surface area contributed by atoms with Gasteiger partial charge in [0.25, 0.3) is 0 Å². The van der Waals surface area contributed by atoms with Gasteiger partial charge in [-0.05, 0) is 49.7 Å². The fourth-order valence-electron chi connectivity index (χ4n) is 2.91. The minimum atomic E-state index is 1.13. The lowest BCUT2D eigenvalue weighted by molar-refractivity contribution is 0.919. The number of rotatable bonds is 4. The largest absolute Gasteiger partial charge is 0.0992 e. The fraction of sp³-hybridized carbons (Fsp3) is 0.625. The van der Waals surface area contributed by atoms with Gasteiger partial charge in [-0.1, -0.05) is 51.0 Å². The van der Waals surface area contributed by atoms with E-state index in [0.29, 0.717) is 0 Å². The predicted octanol–water partition coefficient (Wildman–Crippen LogP) is 5.57. The molecule has 0 N–H and O–H groups in total. The van der Waals surface area contributed by atoms with Gasteiger partial charge >= 0.3 is 0 Å². The Labute approximate surface area is 101 Å². The summed E-state index contributed by atoms with van der Waals surface area (Å²) in [6, 6.07) is 0. The minimum absolute atomic E-state index is 1.13. The van der Waals surface area contributed by atoms with Crippen molar-refractivity contribution in [2.75, 3.05) is 0 Å². The number of allylic oxidation sites excluding steroid dienone is 5. The zero-order valence-electron chi connectivity index (χ0n) is 11.4. The Morgan fingerprint density at radius 3 is 1.38 bits per heavy atom. The summed E-state index contributed by atoms with van der Waals surface area (Å²) in [5, 5.41) is 0. The maximum atomic E-state index is 4.24. The van der Waals surface area contributed by atoms with Crippen LogP contribution in [0.4, 0.5) is 0 Å². The van der Waals surface area contributed by atoms with Crippen LogP contribution in [0.2, 0.25) is 0 Å². The predicted molar refractivity (Wildman–Crippen MR) is 73.6 cm³/mol. The van der Waals surface area contributed by atoms with E-state index in [1.54, 1.807) is 22.3 Å². The molecule has 1 rings (SSSR count). The van der Waals surface area contributed by atoms with Crippen molar-refractivity contribution in [3.05, 3.63) is 34.4 Å².